The van der Waals surface area contributed by atoms with Gasteiger partial charge in [-0.05, 0) is 62.4 Å². The van der Waals surface area contributed by atoms with Crippen LogP contribution in [0, 0.1) is 11.3 Å². The number of hydrogen-bond donors (Lipinski definition) is 1. The SMILES string of the molecule is CCn1c(-c2cccnc2C2(OC)CS2)c2c3cc(ccc31)-c1csc(n1)C[C@@]1([Si]N1C(=O)[C@H]1CCC(F)(F)C1)C(=O)N1CCC[C@H](N1)C(=O)OCC(C)(C)C2. The van der Waals surface area contributed by atoms with Crippen molar-refractivity contribution in [3.63, 3.8) is 0 Å². The first-order valence-electron chi connectivity index (χ1n) is 19.3. The lowest BCUT2D eigenvalue weighted by Gasteiger charge is -2.36. The van der Waals surface area contributed by atoms with Crippen molar-refractivity contribution >= 4 is 61.5 Å². The number of esters is 1. The second kappa shape index (κ2) is 13.7. The molecule has 4 aliphatic heterocycles. The largest absolute Gasteiger partial charge is 0.464 e. The number of carbonyl (C=O) groups excluding carboxylic acids is 3. The molecule has 7 heterocycles. The molecule has 4 aromatic rings. The number of rotatable bonds is 5. The van der Waals surface area contributed by atoms with E-state index in [2.05, 4.69) is 55.0 Å². The van der Waals surface area contributed by atoms with Crippen LogP contribution in [0.1, 0.15) is 69.1 Å². The first-order valence-corrected chi connectivity index (χ1v) is 22.1. The lowest BCUT2D eigenvalue weighted by Crippen LogP contribution is -2.59. The van der Waals surface area contributed by atoms with Crippen LogP contribution in [0.25, 0.3) is 33.4 Å². The number of pyridine rings is 1. The highest BCUT2D eigenvalue weighted by atomic mass is 32.2. The number of thioether (sulfide) groups is 1. The normalized spacial score (nSPS) is 28.4. The number of amides is 2. The molecule has 1 N–H and O–H groups in total. The Labute approximate surface area is 334 Å². The van der Waals surface area contributed by atoms with Crippen LogP contribution in [0.4, 0.5) is 8.78 Å². The fourth-order valence-electron chi connectivity index (χ4n) is 8.76. The minimum absolute atomic E-state index is 0.0883. The first-order chi connectivity index (χ1) is 26.8. The third-order valence-corrected chi connectivity index (χ3v) is 15.5. The molecular weight excluding hydrogens is 775 g/mol. The van der Waals surface area contributed by atoms with Gasteiger partial charge in [-0.25, -0.2) is 19.2 Å². The monoisotopic (exact) mass is 818 g/mol. The average Bonchev–Trinajstić information content (AvgIpc) is 4.01. The Morgan fingerprint density at radius 3 is 2.73 bits per heavy atom. The molecular formula is C40H44F2N6O5S2Si. The molecule has 4 fully saturated rings. The predicted octanol–water partition coefficient (Wildman–Crippen LogP) is 6.15. The fourth-order valence-corrected chi connectivity index (χ4v) is 12.0. The van der Waals surface area contributed by atoms with Crippen molar-refractivity contribution in [3.05, 3.63) is 58.2 Å². The quantitative estimate of drug-likeness (QED) is 0.144. The maximum absolute atomic E-state index is 14.5. The number of aromatic nitrogens is 3. The zero-order chi connectivity index (χ0) is 39.2. The fraction of sp³-hybridized carbons (Fsp3) is 0.525. The van der Waals surface area contributed by atoms with Crippen molar-refractivity contribution in [2.75, 3.05) is 26.0 Å². The third-order valence-electron chi connectivity index (χ3n) is 11.8. The van der Waals surface area contributed by atoms with E-state index in [0.29, 0.717) is 37.4 Å². The number of aryl methyl sites for hydroxylation is 1. The lowest BCUT2D eigenvalue weighted by atomic mass is 9.84. The number of nitrogens with one attached hydrogen (secondary N) is 1. The van der Waals surface area contributed by atoms with Gasteiger partial charge in [0.15, 0.2) is 4.93 Å². The van der Waals surface area contributed by atoms with Gasteiger partial charge in [0.1, 0.15) is 11.2 Å². The highest BCUT2D eigenvalue weighted by molar-refractivity contribution is 8.07. The maximum atomic E-state index is 14.5. The van der Waals surface area contributed by atoms with Crippen molar-refractivity contribution in [1.82, 2.24) is 29.5 Å². The molecule has 1 unspecified atom stereocenters. The Morgan fingerprint density at radius 1 is 1.18 bits per heavy atom. The number of hydrazine groups is 1. The number of cyclic esters (lactones) is 1. The summed E-state index contributed by atoms with van der Waals surface area (Å²) in [5.41, 5.74) is 9.43. The van der Waals surface area contributed by atoms with Crippen LogP contribution in [0.15, 0.2) is 41.9 Å². The van der Waals surface area contributed by atoms with Gasteiger partial charge in [-0.15, -0.1) is 23.1 Å². The highest BCUT2D eigenvalue weighted by Gasteiger charge is 2.65. The van der Waals surface area contributed by atoms with Gasteiger partial charge in [-0.1, -0.05) is 19.9 Å². The number of benzene rings is 1. The zero-order valence-electron chi connectivity index (χ0n) is 31.8. The molecule has 3 aromatic heterocycles. The number of alkyl halides is 2. The summed E-state index contributed by atoms with van der Waals surface area (Å²) in [6.07, 6.45) is 2.84. The highest BCUT2D eigenvalue weighted by Crippen LogP contribution is 2.56. The molecule has 4 atom stereocenters. The minimum Gasteiger partial charge on any atom is -0.464 e. The second-order valence-electron chi connectivity index (χ2n) is 16.4. The molecule has 11 nitrogen and oxygen atoms in total. The number of carbonyl (C=O) groups is 3. The van der Waals surface area contributed by atoms with E-state index in [1.165, 1.54) is 20.9 Å². The molecule has 5 aliphatic rings. The number of ether oxygens (including phenoxy) is 2. The molecule has 1 saturated carbocycles. The van der Waals surface area contributed by atoms with Crippen LogP contribution < -0.4 is 5.43 Å². The number of hydrogen-bond acceptors (Lipinski definition) is 10. The van der Waals surface area contributed by atoms with Gasteiger partial charge in [0.2, 0.25) is 21.5 Å². The zero-order valence-corrected chi connectivity index (χ0v) is 34.5. The molecule has 16 heteroatoms. The predicted molar refractivity (Wildman–Crippen MR) is 211 cm³/mol. The van der Waals surface area contributed by atoms with Gasteiger partial charge in [0.05, 0.1) is 28.7 Å². The molecule has 2 amide bonds. The molecule has 6 bridgehead atoms. The van der Waals surface area contributed by atoms with E-state index in [4.69, 9.17) is 19.4 Å². The summed E-state index contributed by atoms with van der Waals surface area (Å²) in [7, 11) is 1.51. The summed E-state index contributed by atoms with van der Waals surface area (Å²) < 4.78 is 44.4. The van der Waals surface area contributed by atoms with E-state index in [9.17, 15) is 23.2 Å². The molecule has 2 radical (unpaired) electrons. The molecule has 1 aromatic carbocycles. The van der Waals surface area contributed by atoms with E-state index in [1.54, 1.807) is 18.9 Å². The van der Waals surface area contributed by atoms with Gasteiger partial charge >= 0.3 is 5.97 Å². The van der Waals surface area contributed by atoms with Crippen LogP contribution >= 0.6 is 23.1 Å². The van der Waals surface area contributed by atoms with Crippen LogP contribution in [0.3, 0.4) is 0 Å². The van der Waals surface area contributed by atoms with Crippen molar-refractivity contribution < 1.29 is 32.6 Å². The Balaban J connectivity index is 1.16. The van der Waals surface area contributed by atoms with E-state index in [-0.39, 0.29) is 41.5 Å². The number of fused-ring (bicyclic) bond motifs is 6. The maximum Gasteiger partial charge on any atom is 0.324 e. The molecule has 56 heavy (non-hydrogen) atoms. The van der Waals surface area contributed by atoms with Crippen molar-refractivity contribution in [2.24, 2.45) is 11.3 Å². The van der Waals surface area contributed by atoms with Crippen LogP contribution in [0.5, 0.6) is 0 Å². The minimum atomic E-state index is -2.89. The molecule has 1 aliphatic carbocycles. The first kappa shape index (κ1) is 37.9. The Kier molecular flexibility index (Phi) is 9.27. The Hall–Kier alpha value is -3.70. The smallest absolute Gasteiger partial charge is 0.324 e. The van der Waals surface area contributed by atoms with Gasteiger partial charge in [0.25, 0.3) is 5.91 Å². The van der Waals surface area contributed by atoms with Crippen LogP contribution in [0.2, 0.25) is 0 Å². The van der Waals surface area contributed by atoms with E-state index in [0.717, 1.165) is 50.4 Å². The number of nitrogens with zero attached hydrogens (tertiary/aromatic N) is 5. The van der Waals surface area contributed by atoms with E-state index >= 15 is 0 Å². The van der Waals surface area contributed by atoms with E-state index in [1.807, 2.05) is 17.6 Å². The summed E-state index contributed by atoms with van der Waals surface area (Å²) in [5.74, 6) is -4.12. The summed E-state index contributed by atoms with van der Waals surface area (Å²) in [4.78, 5) is 51.4. The molecule has 9 rings (SSSR count). The number of methoxy groups -OCH3 is 1. The van der Waals surface area contributed by atoms with Gasteiger partial charge in [0, 0.05) is 90.2 Å². The number of thiazole rings is 1. The van der Waals surface area contributed by atoms with Gasteiger partial charge in [-0.2, -0.15) is 0 Å². The Bertz CT molecular complexity index is 2260. The summed E-state index contributed by atoms with van der Waals surface area (Å²) >= 11 is 3.14. The topological polar surface area (TPSA) is 119 Å². The van der Waals surface area contributed by atoms with Crippen molar-refractivity contribution in [1.29, 1.82) is 0 Å². The lowest BCUT2D eigenvalue weighted by molar-refractivity contribution is -0.156. The summed E-state index contributed by atoms with van der Waals surface area (Å²) in [6, 6.07) is 9.69. The second-order valence-corrected chi connectivity index (χ2v) is 20.1. The summed E-state index contributed by atoms with van der Waals surface area (Å²) in [6.45, 7) is 7.52. The summed E-state index contributed by atoms with van der Waals surface area (Å²) in [5, 5.41) is 3.89. The average molecular weight is 819 g/mol. The van der Waals surface area contributed by atoms with Gasteiger partial charge in [-0.3, -0.25) is 24.4 Å². The van der Waals surface area contributed by atoms with Crippen LogP contribution in [-0.4, -0.2) is 94.7 Å². The molecule has 1 spiro atoms. The van der Waals surface area contributed by atoms with Crippen molar-refractivity contribution in [2.45, 2.75) is 94.3 Å². The molecule has 3 saturated heterocycles. The van der Waals surface area contributed by atoms with Crippen molar-refractivity contribution in [3.8, 4) is 22.5 Å². The number of halogens is 2. The molecule has 294 valence electrons. The van der Waals surface area contributed by atoms with Crippen LogP contribution in [-0.2, 0) is 48.2 Å². The standard InChI is InChI=1S/C40H44F2N6O5S2Si/c1-5-46-30-11-10-23-16-26(30)27(32(46)25-8-6-14-43-33(25)40(52-4)22-55-40)18-37(2,3)21-53-35(50)28-9-7-15-47(45-28)36(51)39(19-31-44-29(23)20-54-31)48(56-39)34(49)24-12-13-38(41,42)17-24/h6,8,10-11,14,16,20,24,28,45H,5,7,9,12-13,15,17-19,21-22H2,1-4H3/t24-,28-,39+,40?,48?/m0/s1. The Morgan fingerprint density at radius 2 is 2.00 bits per heavy atom. The van der Waals surface area contributed by atoms with Gasteiger partial charge < -0.3 is 18.6 Å². The third kappa shape index (κ3) is 6.48. The van der Waals surface area contributed by atoms with E-state index < -0.39 is 51.7 Å².